The Labute approximate surface area is 722 Å². The van der Waals surface area contributed by atoms with Crippen LogP contribution in [0, 0.1) is 0 Å². The van der Waals surface area contributed by atoms with E-state index in [-0.39, 0.29) is 0 Å². The monoisotopic (exact) mass is 1610 g/mol. The van der Waals surface area contributed by atoms with Crippen molar-refractivity contribution in [3.05, 3.63) is 431 Å². The lowest BCUT2D eigenvalue weighted by molar-refractivity contribution is 1.08. The summed E-state index contributed by atoms with van der Waals surface area (Å²) in [5, 5.41) is 11.5. The molecule has 586 valence electrons. The van der Waals surface area contributed by atoms with E-state index >= 15 is 0 Å². The Kier molecular flexibility index (Phi) is 15.8. The molecule has 0 radical (unpaired) electrons. The van der Waals surface area contributed by atoms with Crippen molar-refractivity contribution in [1.29, 1.82) is 0 Å². The number of benzene rings is 15. The number of nitrogens with zero attached hydrogens (tertiary/aromatic N) is 11. The largest absolute Gasteiger partial charge is 0.309 e. The van der Waals surface area contributed by atoms with Crippen molar-refractivity contribution in [3.8, 4) is 113 Å². The smallest absolute Gasteiger partial charge is 0.138 e. The van der Waals surface area contributed by atoms with Crippen molar-refractivity contribution < 1.29 is 0 Å². The van der Waals surface area contributed by atoms with Crippen molar-refractivity contribution in [3.63, 3.8) is 0 Å². The number of hydrogen-bond acceptors (Lipinski definition) is 5. The van der Waals surface area contributed by atoms with Crippen molar-refractivity contribution in [2.24, 2.45) is 0 Å². The molecule has 0 aliphatic carbocycles. The van der Waals surface area contributed by atoms with Crippen LogP contribution in [0.5, 0.6) is 0 Å². The maximum atomic E-state index is 5.65. The third kappa shape index (κ3) is 11.2. The van der Waals surface area contributed by atoms with Crippen LogP contribution in [0.15, 0.2) is 431 Å². The first-order valence-electron chi connectivity index (χ1n) is 42.7. The molecule has 11 aromatic heterocycles. The zero-order valence-corrected chi connectivity index (χ0v) is 67.9. The normalized spacial score (nSPS) is 12.0. The highest BCUT2D eigenvalue weighted by Gasteiger charge is 2.25. The Morgan fingerprint density at radius 3 is 1.02 bits per heavy atom. The SMILES string of the molecule is c1ccc(-c2cc(-c3ccccc3)nc(-n3c4ccccc4c4ccc(-c5ccc6c(c5)c5ccccc5n6-c5cccc(-n6c7ccccc7c7ncc(-c8cccc(-c9cc(-c%10ccccc%10)nc(-n%10c%11ccccc%11c%11ccc(-c%12ccc%13c(c%12)c%12ccccc%12n%13-c%12cncc(-n%13c%14ccccc%14c%14ncccc%14%13)c%12)cc%11%10)c9)c8)cc76)c5)cc43)c2)cc1. The third-order valence-electron chi connectivity index (χ3n) is 25.7. The molecule has 15 aromatic carbocycles. The summed E-state index contributed by atoms with van der Waals surface area (Å²) in [5.41, 5.74) is 33.7. The lowest BCUT2D eigenvalue weighted by atomic mass is 9.98. The molecule has 11 heteroatoms. The molecule has 26 aromatic rings. The summed E-state index contributed by atoms with van der Waals surface area (Å²) in [7, 11) is 0. The zero-order chi connectivity index (χ0) is 82.6. The van der Waals surface area contributed by atoms with Crippen LogP contribution in [0.2, 0.25) is 0 Å². The molecule has 0 spiro atoms. The highest BCUT2D eigenvalue weighted by molar-refractivity contribution is 6.16. The van der Waals surface area contributed by atoms with Crippen LogP contribution in [0.1, 0.15) is 0 Å². The maximum Gasteiger partial charge on any atom is 0.138 e. The van der Waals surface area contributed by atoms with Crippen LogP contribution in [-0.2, 0) is 0 Å². The van der Waals surface area contributed by atoms with E-state index in [9.17, 15) is 0 Å². The number of aromatic nitrogens is 11. The fourth-order valence-electron chi connectivity index (χ4n) is 20.0. The number of rotatable bonds is 13. The average Bonchev–Trinajstić information content (AvgIpc) is 1.59. The van der Waals surface area contributed by atoms with E-state index in [2.05, 4.69) is 428 Å². The predicted octanol–water partition coefficient (Wildman–Crippen LogP) is 28.9. The van der Waals surface area contributed by atoms with Crippen LogP contribution in [0.3, 0.4) is 0 Å². The highest BCUT2D eigenvalue weighted by atomic mass is 15.1. The molecule has 0 unspecified atom stereocenters. The molecule has 0 amide bonds. The van der Waals surface area contributed by atoms with E-state index in [1.807, 2.05) is 30.9 Å². The molecule has 0 aliphatic heterocycles. The topological polar surface area (TPSA) is 94.0 Å². The minimum atomic E-state index is 0.819. The summed E-state index contributed by atoms with van der Waals surface area (Å²) in [5.74, 6) is 1.68. The summed E-state index contributed by atoms with van der Waals surface area (Å²) in [6.45, 7) is 0. The van der Waals surface area contributed by atoms with E-state index in [1.165, 1.54) is 21.5 Å². The second-order valence-corrected chi connectivity index (χ2v) is 32.8. The van der Waals surface area contributed by atoms with Gasteiger partial charge in [-0.05, 0) is 196 Å². The first-order chi connectivity index (χ1) is 62.5. The predicted molar refractivity (Wildman–Crippen MR) is 520 cm³/mol. The Morgan fingerprint density at radius 2 is 0.500 bits per heavy atom. The minimum absolute atomic E-state index is 0.819. The van der Waals surface area contributed by atoms with Crippen LogP contribution in [-0.4, -0.2) is 52.3 Å². The standard InChI is InChI=1S/C115H71N11/c1-4-25-72(26-5-1)81-60-98(73-27-6-2-7-28-73)119-112(65-81)125-102-43-18-10-35-88(102)92-52-48-79(62-109(92)125)77-50-54-106-96(58-77)90-37-12-16-41-100(90)121(106)84-33-23-34-85(67-84)122-104-45-20-15-40-95(104)115-111(122)64-83(69-118-115)76-32-22-31-75(57-76)82-61-99(74-29-8-3-9-30-74)120-113(66-82)126-103-44-19-11-36-89(103)93-53-49-80(63-110(93)126)78-51-55-107-97(59-78)91-38-13-17-42-101(91)123(107)86-68-87(71-116-70-86)124-105-46-21-14-39-94(105)114-108(124)47-24-56-117-114/h1-71H. The molecule has 0 fully saturated rings. The van der Waals surface area contributed by atoms with Gasteiger partial charge in [0.05, 0.1) is 112 Å². The maximum absolute atomic E-state index is 5.65. The Bertz CT molecular complexity index is 8880. The average molecular weight is 1610 g/mol. The number of hydrogen-bond donors (Lipinski definition) is 0. The second-order valence-electron chi connectivity index (χ2n) is 32.8. The van der Waals surface area contributed by atoms with E-state index < -0.39 is 0 Å². The van der Waals surface area contributed by atoms with Crippen LogP contribution >= 0.6 is 0 Å². The number of pyridine rings is 5. The fraction of sp³-hybridized carbons (Fsp3) is 0. The van der Waals surface area contributed by atoms with Gasteiger partial charge in [-0.3, -0.25) is 24.1 Å². The first kappa shape index (κ1) is 70.7. The van der Waals surface area contributed by atoms with Gasteiger partial charge < -0.3 is 18.3 Å². The van der Waals surface area contributed by atoms with E-state index in [0.717, 1.165) is 222 Å². The molecule has 0 aliphatic rings. The molecular formula is C115H71N11. The molecule has 126 heavy (non-hydrogen) atoms. The summed E-state index contributed by atoms with van der Waals surface area (Å²) < 4.78 is 14.2. The van der Waals surface area contributed by atoms with Gasteiger partial charge >= 0.3 is 0 Å². The molecule has 11 nitrogen and oxygen atoms in total. The second kappa shape index (κ2) is 28.2. The van der Waals surface area contributed by atoms with Gasteiger partial charge in [0.1, 0.15) is 11.6 Å². The zero-order valence-electron chi connectivity index (χ0n) is 67.9. The van der Waals surface area contributed by atoms with Gasteiger partial charge in [0.2, 0.25) is 0 Å². The molecule has 11 heterocycles. The minimum Gasteiger partial charge on any atom is -0.309 e. The van der Waals surface area contributed by atoms with Crippen molar-refractivity contribution in [2.75, 3.05) is 0 Å². The molecule has 0 saturated carbocycles. The Morgan fingerprint density at radius 1 is 0.159 bits per heavy atom. The van der Waals surface area contributed by atoms with E-state index in [4.69, 9.17) is 24.9 Å². The lowest BCUT2D eigenvalue weighted by Gasteiger charge is -2.14. The molecular weight excluding hydrogens is 1540 g/mol. The van der Waals surface area contributed by atoms with Gasteiger partial charge in [-0.15, -0.1) is 0 Å². The van der Waals surface area contributed by atoms with Crippen molar-refractivity contribution in [1.82, 2.24) is 52.3 Å². The van der Waals surface area contributed by atoms with Crippen molar-refractivity contribution >= 4 is 131 Å². The molecule has 0 atom stereocenters. The van der Waals surface area contributed by atoms with Gasteiger partial charge in [-0.1, -0.05) is 261 Å². The Hall–Kier alpha value is -17.2. The van der Waals surface area contributed by atoms with Gasteiger partial charge in [0, 0.05) is 94.3 Å². The summed E-state index contributed by atoms with van der Waals surface area (Å²) in [6, 6.07) is 147. The van der Waals surface area contributed by atoms with E-state index in [0.29, 0.717) is 0 Å². The number of para-hydroxylation sites is 6. The van der Waals surface area contributed by atoms with Crippen LogP contribution in [0.4, 0.5) is 0 Å². The molecule has 0 saturated heterocycles. The van der Waals surface area contributed by atoms with Gasteiger partial charge in [0.15, 0.2) is 0 Å². The van der Waals surface area contributed by atoms with Crippen molar-refractivity contribution in [2.45, 2.75) is 0 Å². The summed E-state index contributed by atoms with van der Waals surface area (Å²) >= 11 is 0. The van der Waals surface area contributed by atoms with Crippen LogP contribution < -0.4 is 0 Å². The highest BCUT2D eigenvalue weighted by Crippen LogP contribution is 2.45. The van der Waals surface area contributed by atoms with E-state index in [1.54, 1.807) is 0 Å². The van der Waals surface area contributed by atoms with Gasteiger partial charge in [0.25, 0.3) is 0 Å². The lowest BCUT2D eigenvalue weighted by Crippen LogP contribution is -2.00. The quantitative estimate of drug-likeness (QED) is 0.115. The Balaban J connectivity index is 0.560. The fourth-order valence-corrected chi connectivity index (χ4v) is 20.0. The van der Waals surface area contributed by atoms with Gasteiger partial charge in [-0.25, -0.2) is 9.97 Å². The number of fused-ring (bicyclic) bond motifs is 18. The summed E-state index contributed by atoms with van der Waals surface area (Å²) in [6.07, 6.45) is 7.84. The molecule has 26 rings (SSSR count). The molecule has 0 bridgehead atoms. The molecule has 0 N–H and O–H groups in total. The summed E-state index contributed by atoms with van der Waals surface area (Å²) in [4.78, 5) is 26.3. The third-order valence-corrected chi connectivity index (χ3v) is 25.7. The van der Waals surface area contributed by atoms with Gasteiger partial charge in [-0.2, -0.15) is 0 Å². The first-order valence-corrected chi connectivity index (χ1v) is 42.7. The van der Waals surface area contributed by atoms with Crippen LogP contribution in [0.25, 0.3) is 244 Å².